The fraction of sp³-hybridized carbons (Fsp3) is 0.632. The molecule has 1 aliphatic rings. The first-order valence-corrected chi connectivity index (χ1v) is 8.85. The molecular formula is C19H33IN4. The molecule has 0 unspecified atom stereocenters. The third-order valence-electron chi connectivity index (χ3n) is 4.65. The maximum absolute atomic E-state index is 4.76. The van der Waals surface area contributed by atoms with Gasteiger partial charge in [-0.05, 0) is 70.8 Å². The van der Waals surface area contributed by atoms with Gasteiger partial charge in [0.05, 0.1) is 6.54 Å². The van der Waals surface area contributed by atoms with Crippen molar-refractivity contribution in [2.75, 3.05) is 33.2 Å². The number of nitrogens with zero attached hydrogens (tertiary/aromatic N) is 2. The maximum atomic E-state index is 4.76. The summed E-state index contributed by atoms with van der Waals surface area (Å²) in [5.41, 5.74) is 3.93. The summed E-state index contributed by atoms with van der Waals surface area (Å²) in [7, 11) is 2.21. The summed E-state index contributed by atoms with van der Waals surface area (Å²) in [5.74, 6) is 1.70. The highest BCUT2D eigenvalue weighted by Crippen LogP contribution is 2.15. The van der Waals surface area contributed by atoms with Crippen LogP contribution in [0.4, 0.5) is 0 Å². The normalized spacial score (nSPS) is 16.6. The molecule has 1 fully saturated rings. The summed E-state index contributed by atoms with van der Waals surface area (Å²) >= 11 is 0. The molecule has 24 heavy (non-hydrogen) atoms. The Labute approximate surface area is 164 Å². The quantitative estimate of drug-likeness (QED) is 0.416. The van der Waals surface area contributed by atoms with Crippen LogP contribution < -0.4 is 10.6 Å². The van der Waals surface area contributed by atoms with Gasteiger partial charge in [0.2, 0.25) is 0 Å². The van der Waals surface area contributed by atoms with Crippen LogP contribution in [0.25, 0.3) is 0 Å². The molecule has 0 saturated carbocycles. The number of rotatable bonds is 5. The van der Waals surface area contributed by atoms with E-state index in [1.807, 2.05) is 0 Å². The number of piperidine rings is 1. The molecule has 2 N–H and O–H groups in total. The Kier molecular flexibility index (Phi) is 9.66. The second-order valence-corrected chi connectivity index (χ2v) is 6.75. The van der Waals surface area contributed by atoms with E-state index in [1.54, 1.807) is 0 Å². The molecule has 1 aliphatic heterocycles. The lowest BCUT2D eigenvalue weighted by Crippen LogP contribution is -2.42. The van der Waals surface area contributed by atoms with E-state index in [9.17, 15) is 0 Å². The molecule has 1 aromatic rings. The lowest BCUT2D eigenvalue weighted by atomic mass is 9.97. The number of hydrogen-bond donors (Lipinski definition) is 2. The van der Waals surface area contributed by atoms with Gasteiger partial charge in [0, 0.05) is 13.1 Å². The molecule has 1 heterocycles. The fourth-order valence-electron chi connectivity index (χ4n) is 3.04. The van der Waals surface area contributed by atoms with Crippen LogP contribution in [0, 0.1) is 19.8 Å². The van der Waals surface area contributed by atoms with Gasteiger partial charge in [-0.2, -0.15) is 0 Å². The molecule has 4 nitrogen and oxygen atoms in total. The van der Waals surface area contributed by atoms with Crippen LogP contribution in [0.1, 0.15) is 36.5 Å². The van der Waals surface area contributed by atoms with Crippen molar-refractivity contribution in [1.29, 1.82) is 0 Å². The number of aryl methyl sites for hydroxylation is 2. The zero-order valence-electron chi connectivity index (χ0n) is 15.6. The predicted molar refractivity (Wildman–Crippen MR) is 114 cm³/mol. The Bertz CT molecular complexity index is 522. The average Bonchev–Trinajstić information content (AvgIpc) is 2.53. The molecular weight excluding hydrogens is 411 g/mol. The molecule has 0 aliphatic carbocycles. The topological polar surface area (TPSA) is 39.7 Å². The SMILES string of the molecule is CCNC(=NCc1ccc(C)cc1C)NCC1CCN(C)CC1.I. The van der Waals surface area contributed by atoms with Crippen LogP contribution >= 0.6 is 24.0 Å². The Morgan fingerprint density at radius 3 is 2.54 bits per heavy atom. The van der Waals surface area contributed by atoms with Gasteiger partial charge in [0.1, 0.15) is 0 Å². The molecule has 0 spiro atoms. The second-order valence-electron chi connectivity index (χ2n) is 6.75. The van der Waals surface area contributed by atoms with Gasteiger partial charge in [-0.25, -0.2) is 4.99 Å². The van der Waals surface area contributed by atoms with Crippen LogP contribution in [0.15, 0.2) is 23.2 Å². The minimum Gasteiger partial charge on any atom is -0.357 e. The van der Waals surface area contributed by atoms with Crippen molar-refractivity contribution in [2.45, 2.75) is 40.2 Å². The first-order chi connectivity index (χ1) is 11.1. The van der Waals surface area contributed by atoms with Crippen molar-refractivity contribution in [3.8, 4) is 0 Å². The summed E-state index contributed by atoms with van der Waals surface area (Å²) in [5, 5.41) is 6.89. The van der Waals surface area contributed by atoms with Crippen molar-refractivity contribution in [2.24, 2.45) is 10.9 Å². The van der Waals surface area contributed by atoms with Crippen LogP contribution in [-0.2, 0) is 6.54 Å². The number of hydrogen-bond acceptors (Lipinski definition) is 2. The molecule has 0 amide bonds. The Morgan fingerprint density at radius 1 is 1.21 bits per heavy atom. The lowest BCUT2D eigenvalue weighted by molar-refractivity contribution is 0.220. The predicted octanol–water partition coefficient (Wildman–Crippen LogP) is 3.32. The molecule has 1 saturated heterocycles. The summed E-state index contributed by atoms with van der Waals surface area (Å²) < 4.78 is 0. The number of halogens is 1. The summed E-state index contributed by atoms with van der Waals surface area (Å²) in [6.07, 6.45) is 2.56. The fourth-order valence-corrected chi connectivity index (χ4v) is 3.04. The maximum Gasteiger partial charge on any atom is 0.191 e. The Hall–Kier alpha value is -0.820. The minimum atomic E-state index is 0. The van der Waals surface area contributed by atoms with Gasteiger partial charge in [-0.15, -0.1) is 24.0 Å². The molecule has 5 heteroatoms. The zero-order valence-corrected chi connectivity index (χ0v) is 17.9. The van der Waals surface area contributed by atoms with Gasteiger partial charge in [0.15, 0.2) is 5.96 Å². The van der Waals surface area contributed by atoms with E-state index in [4.69, 9.17) is 4.99 Å². The van der Waals surface area contributed by atoms with Gasteiger partial charge >= 0.3 is 0 Å². The zero-order chi connectivity index (χ0) is 16.7. The van der Waals surface area contributed by atoms with Crippen molar-refractivity contribution in [3.05, 3.63) is 34.9 Å². The van der Waals surface area contributed by atoms with E-state index in [1.165, 1.54) is 42.6 Å². The van der Waals surface area contributed by atoms with Crippen molar-refractivity contribution >= 4 is 29.9 Å². The monoisotopic (exact) mass is 444 g/mol. The molecule has 2 rings (SSSR count). The van der Waals surface area contributed by atoms with Crippen molar-refractivity contribution < 1.29 is 0 Å². The highest BCUT2D eigenvalue weighted by Gasteiger charge is 2.16. The third kappa shape index (κ3) is 6.97. The number of guanidine groups is 1. The van der Waals surface area contributed by atoms with Crippen molar-refractivity contribution in [1.82, 2.24) is 15.5 Å². The second kappa shape index (κ2) is 10.9. The number of likely N-dealkylation sites (tertiary alicyclic amines) is 1. The van der Waals surface area contributed by atoms with E-state index in [-0.39, 0.29) is 24.0 Å². The summed E-state index contributed by atoms with van der Waals surface area (Å²) in [6.45, 7) is 11.5. The highest BCUT2D eigenvalue weighted by molar-refractivity contribution is 14.0. The van der Waals surface area contributed by atoms with Crippen LogP contribution in [-0.4, -0.2) is 44.1 Å². The van der Waals surface area contributed by atoms with Gasteiger partial charge in [-0.3, -0.25) is 0 Å². The van der Waals surface area contributed by atoms with E-state index >= 15 is 0 Å². The Balaban J connectivity index is 0.00000288. The molecule has 0 atom stereocenters. The number of nitrogens with one attached hydrogen (secondary N) is 2. The van der Waals surface area contributed by atoms with Gasteiger partial charge < -0.3 is 15.5 Å². The summed E-state index contributed by atoms with van der Waals surface area (Å²) in [6, 6.07) is 6.58. The first-order valence-electron chi connectivity index (χ1n) is 8.85. The van der Waals surface area contributed by atoms with Gasteiger partial charge in [0.25, 0.3) is 0 Å². The largest absolute Gasteiger partial charge is 0.357 e. The van der Waals surface area contributed by atoms with E-state index in [2.05, 4.69) is 61.6 Å². The third-order valence-corrected chi connectivity index (χ3v) is 4.65. The average molecular weight is 444 g/mol. The molecule has 136 valence electrons. The molecule has 0 radical (unpaired) electrons. The van der Waals surface area contributed by atoms with Gasteiger partial charge in [-0.1, -0.05) is 23.8 Å². The first kappa shape index (κ1) is 21.2. The lowest BCUT2D eigenvalue weighted by Gasteiger charge is -2.29. The number of aliphatic imine (C=N–C) groups is 1. The Morgan fingerprint density at radius 2 is 1.92 bits per heavy atom. The van der Waals surface area contributed by atoms with E-state index in [0.29, 0.717) is 0 Å². The molecule has 1 aromatic carbocycles. The molecule has 0 bridgehead atoms. The van der Waals surface area contributed by atoms with E-state index < -0.39 is 0 Å². The summed E-state index contributed by atoms with van der Waals surface area (Å²) in [4.78, 5) is 7.17. The minimum absolute atomic E-state index is 0. The van der Waals surface area contributed by atoms with Crippen molar-refractivity contribution in [3.63, 3.8) is 0 Å². The number of benzene rings is 1. The van der Waals surface area contributed by atoms with Crippen LogP contribution in [0.2, 0.25) is 0 Å². The smallest absolute Gasteiger partial charge is 0.191 e. The highest BCUT2D eigenvalue weighted by atomic mass is 127. The van der Waals surface area contributed by atoms with Crippen LogP contribution in [0.5, 0.6) is 0 Å². The standard InChI is InChI=1S/C19H32N4.HI/c1-5-20-19(21-13-17-8-10-23(4)11-9-17)22-14-18-7-6-15(2)12-16(18)3;/h6-7,12,17H,5,8-11,13-14H2,1-4H3,(H2,20,21,22);1H. The van der Waals surface area contributed by atoms with Crippen LogP contribution in [0.3, 0.4) is 0 Å². The molecule has 0 aromatic heterocycles. The van der Waals surface area contributed by atoms with E-state index in [0.717, 1.165) is 31.5 Å².